The Morgan fingerprint density at radius 1 is 0.960 bits per heavy atom. The SMILES string of the molecule is COc1ccc(C(=O)C(O)C(OC)c2ccc(C(C)(C)C)cc2)cc1. The zero-order chi connectivity index (χ0) is 18.6. The number of benzene rings is 2. The van der Waals surface area contributed by atoms with Crippen molar-refractivity contribution in [3.63, 3.8) is 0 Å². The minimum Gasteiger partial charge on any atom is -0.497 e. The van der Waals surface area contributed by atoms with Gasteiger partial charge in [-0.15, -0.1) is 0 Å². The first-order chi connectivity index (χ1) is 11.8. The van der Waals surface area contributed by atoms with Crippen LogP contribution in [0.3, 0.4) is 0 Å². The van der Waals surface area contributed by atoms with Crippen molar-refractivity contribution in [2.24, 2.45) is 0 Å². The van der Waals surface area contributed by atoms with Gasteiger partial charge in [0, 0.05) is 12.7 Å². The Hall–Kier alpha value is -2.17. The fourth-order valence-electron chi connectivity index (χ4n) is 2.68. The Morgan fingerprint density at radius 3 is 1.96 bits per heavy atom. The first kappa shape index (κ1) is 19.2. The van der Waals surface area contributed by atoms with Gasteiger partial charge in [0.25, 0.3) is 0 Å². The quantitative estimate of drug-likeness (QED) is 0.808. The van der Waals surface area contributed by atoms with Crippen molar-refractivity contribution >= 4 is 5.78 Å². The van der Waals surface area contributed by atoms with Gasteiger partial charge in [-0.1, -0.05) is 45.0 Å². The first-order valence-electron chi connectivity index (χ1n) is 8.27. The second-order valence-corrected chi connectivity index (χ2v) is 7.07. The van der Waals surface area contributed by atoms with E-state index in [9.17, 15) is 9.90 Å². The number of carbonyl (C=O) groups is 1. The third-order valence-electron chi connectivity index (χ3n) is 4.29. The highest BCUT2D eigenvalue weighted by molar-refractivity contribution is 5.99. The molecule has 0 saturated heterocycles. The van der Waals surface area contributed by atoms with Crippen molar-refractivity contribution in [3.8, 4) is 5.75 Å². The molecular formula is C21H26O4. The highest BCUT2D eigenvalue weighted by Gasteiger charge is 2.28. The van der Waals surface area contributed by atoms with E-state index in [0.29, 0.717) is 11.3 Å². The zero-order valence-electron chi connectivity index (χ0n) is 15.4. The third kappa shape index (κ3) is 4.47. The van der Waals surface area contributed by atoms with Crippen molar-refractivity contribution < 1.29 is 19.4 Å². The fourth-order valence-corrected chi connectivity index (χ4v) is 2.68. The van der Waals surface area contributed by atoms with Crippen LogP contribution in [-0.2, 0) is 10.2 Å². The van der Waals surface area contributed by atoms with Gasteiger partial charge in [-0.3, -0.25) is 4.79 Å². The standard InChI is InChI=1S/C21H26O4/c1-21(2,3)16-10-6-15(7-11-16)20(25-5)19(23)18(22)14-8-12-17(24-4)13-9-14/h6-13,19-20,23H,1-5H3. The minimum absolute atomic E-state index is 0.0403. The molecule has 0 amide bonds. The molecule has 0 radical (unpaired) electrons. The fraction of sp³-hybridized carbons (Fsp3) is 0.381. The lowest BCUT2D eigenvalue weighted by Gasteiger charge is -2.23. The molecule has 2 aromatic rings. The van der Waals surface area contributed by atoms with Crippen molar-refractivity contribution in [2.75, 3.05) is 14.2 Å². The van der Waals surface area contributed by atoms with Crippen LogP contribution in [0.2, 0.25) is 0 Å². The second kappa shape index (κ2) is 7.81. The normalized spacial score (nSPS) is 14.0. The Bertz CT molecular complexity index is 696. The van der Waals surface area contributed by atoms with Gasteiger partial charge in [-0.05, 0) is 40.8 Å². The molecule has 0 heterocycles. The van der Waals surface area contributed by atoms with Gasteiger partial charge < -0.3 is 14.6 Å². The van der Waals surface area contributed by atoms with Crippen LogP contribution in [0.4, 0.5) is 0 Å². The molecule has 1 N–H and O–H groups in total. The van der Waals surface area contributed by atoms with Crippen LogP contribution in [0.1, 0.15) is 48.4 Å². The number of carbonyl (C=O) groups excluding carboxylic acids is 1. The molecule has 0 saturated carbocycles. The average Bonchev–Trinajstić information content (AvgIpc) is 2.61. The number of hydrogen-bond donors (Lipinski definition) is 1. The molecule has 4 nitrogen and oxygen atoms in total. The lowest BCUT2D eigenvalue weighted by Crippen LogP contribution is -2.29. The molecule has 2 unspecified atom stereocenters. The molecule has 0 aliphatic rings. The molecule has 25 heavy (non-hydrogen) atoms. The van der Waals surface area contributed by atoms with Crippen molar-refractivity contribution in [1.82, 2.24) is 0 Å². The van der Waals surface area contributed by atoms with Gasteiger partial charge in [0.05, 0.1) is 7.11 Å². The van der Waals surface area contributed by atoms with E-state index in [0.717, 1.165) is 5.56 Å². The smallest absolute Gasteiger partial charge is 0.194 e. The molecule has 4 heteroatoms. The average molecular weight is 342 g/mol. The van der Waals surface area contributed by atoms with Crippen LogP contribution < -0.4 is 4.74 Å². The summed E-state index contributed by atoms with van der Waals surface area (Å²) in [5.74, 6) is 0.279. The molecule has 0 bridgehead atoms. The summed E-state index contributed by atoms with van der Waals surface area (Å²) >= 11 is 0. The molecular weight excluding hydrogens is 316 g/mol. The van der Waals surface area contributed by atoms with Gasteiger partial charge in [0.15, 0.2) is 5.78 Å². The maximum absolute atomic E-state index is 12.6. The van der Waals surface area contributed by atoms with E-state index in [-0.39, 0.29) is 11.2 Å². The highest BCUT2D eigenvalue weighted by Crippen LogP contribution is 2.27. The Balaban J connectivity index is 2.22. The third-order valence-corrected chi connectivity index (χ3v) is 4.29. The summed E-state index contributed by atoms with van der Waals surface area (Å²) in [6.45, 7) is 6.41. The van der Waals surface area contributed by atoms with Crippen LogP contribution in [0.5, 0.6) is 5.75 Å². The second-order valence-electron chi connectivity index (χ2n) is 7.07. The van der Waals surface area contributed by atoms with Crippen LogP contribution in [0.15, 0.2) is 48.5 Å². The van der Waals surface area contributed by atoms with Crippen molar-refractivity contribution in [1.29, 1.82) is 0 Å². The van der Waals surface area contributed by atoms with E-state index in [2.05, 4.69) is 20.8 Å². The van der Waals surface area contributed by atoms with E-state index < -0.39 is 12.2 Å². The van der Waals surface area contributed by atoms with Gasteiger partial charge in [0.1, 0.15) is 18.0 Å². The predicted octanol–water partition coefficient (Wildman–Crippen LogP) is 3.92. The molecule has 0 aromatic heterocycles. The topological polar surface area (TPSA) is 55.8 Å². The number of hydrogen-bond acceptors (Lipinski definition) is 4. The molecule has 2 atom stereocenters. The number of ether oxygens (including phenoxy) is 2. The highest BCUT2D eigenvalue weighted by atomic mass is 16.5. The van der Waals surface area contributed by atoms with E-state index in [1.807, 2.05) is 24.3 Å². The van der Waals surface area contributed by atoms with E-state index in [1.165, 1.54) is 12.7 Å². The number of methoxy groups -OCH3 is 2. The largest absolute Gasteiger partial charge is 0.497 e. The van der Waals surface area contributed by atoms with E-state index in [1.54, 1.807) is 31.4 Å². The van der Waals surface area contributed by atoms with Gasteiger partial charge in [-0.25, -0.2) is 0 Å². The summed E-state index contributed by atoms with van der Waals surface area (Å²) in [6, 6.07) is 14.5. The first-order valence-corrected chi connectivity index (χ1v) is 8.27. The van der Waals surface area contributed by atoms with Crippen LogP contribution in [-0.4, -0.2) is 31.2 Å². The maximum atomic E-state index is 12.6. The molecule has 0 aliphatic carbocycles. The van der Waals surface area contributed by atoms with E-state index >= 15 is 0 Å². The number of aliphatic hydroxyl groups is 1. The van der Waals surface area contributed by atoms with Crippen molar-refractivity contribution in [2.45, 2.75) is 38.4 Å². The van der Waals surface area contributed by atoms with Gasteiger partial charge in [0.2, 0.25) is 0 Å². The molecule has 0 spiro atoms. The number of ketones is 1. The summed E-state index contributed by atoms with van der Waals surface area (Å²) in [5.41, 5.74) is 2.41. The van der Waals surface area contributed by atoms with Crippen LogP contribution >= 0.6 is 0 Å². The van der Waals surface area contributed by atoms with Crippen molar-refractivity contribution in [3.05, 3.63) is 65.2 Å². The Morgan fingerprint density at radius 2 is 1.52 bits per heavy atom. The zero-order valence-corrected chi connectivity index (χ0v) is 15.4. The van der Waals surface area contributed by atoms with Gasteiger partial charge in [-0.2, -0.15) is 0 Å². The van der Waals surface area contributed by atoms with Crippen LogP contribution in [0, 0.1) is 0 Å². The summed E-state index contributed by atoms with van der Waals surface area (Å²) in [5, 5.41) is 10.5. The van der Waals surface area contributed by atoms with Crippen LogP contribution in [0.25, 0.3) is 0 Å². The van der Waals surface area contributed by atoms with E-state index in [4.69, 9.17) is 9.47 Å². The Labute approximate surface area is 149 Å². The monoisotopic (exact) mass is 342 g/mol. The molecule has 134 valence electrons. The predicted molar refractivity (Wildman–Crippen MR) is 98.2 cm³/mol. The minimum atomic E-state index is -1.28. The molecule has 0 fully saturated rings. The number of rotatable bonds is 6. The Kier molecular flexibility index (Phi) is 5.98. The lowest BCUT2D eigenvalue weighted by molar-refractivity contribution is -0.00432. The molecule has 2 rings (SSSR count). The lowest BCUT2D eigenvalue weighted by atomic mass is 9.86. The summed E-state index contributed by atoms with van der Waals surface area (Å²) < 4.78 is 10.5. The molecule has 2 aromatic carbocycles. The summed E-state index contributed by atoms with van der Waals surface area (Å²) in [6.07, 6.45) is -2.00. The number of Topliss-reactive ketones (excluding diaryl/α,β-unsaturated/α-hetero) is 1. The maximum Gasteiger partial charge on any atom is 0.194 e. The van der Waals surface area contributed by atoms with Gasteiger partial charge >= 0.3 is 0 Å². The molecule has 0 aliphatic heterocycles. The summed E-state index contributed by atoms with van der Waals surface area (Å²) in [4.78, 5) is 12.6. The summed E-state index contributed by atoms with van der Waals surface area (Å²) in [7, 11) is 3.06. The number of aliphatic hydroxyl groups excluding tert-OH is 1.